The van der Waals surface area contributed by atoms with E-state index >= 15 is 0 Å². The molecule has 0 fully saturated rings. The number of hydrogen-bond acceptors (Lipinski definition) is 9. The highest BCUT2D eigenvalue weighted by molar-refractivity contribution is 7.46. The second-order valence-corrected chi connectivity index (χ2v) is 10.2. The molecule has 4 aromatic carbocycles. The van der Waals surface area contributed by atoms with Crippen LogP contribution < -0.4 is 26.5 Å². The third-order valence-electron chi connectivity index (χ3n) is 5.09. The Morgan fingerprint density at radius 1 is 0.359 bits per heavy atom. The number of nitrogens with zero attached hydrogens (tertiary/aromatic N) is 4. The summed E-state index contributed by atoms with van der Waals surface area (Å²) in [7, 11) is -3.95. The Kier molecular flexibility index (Phi) is 7.45. The van der Waals surface area contributed by atoms with Crippen molar-refractivity contribution in [1.82, 2.24) is 0 Å². The Labute approximate surface area is 223 Å². The topological polar surface area (TPSA) is 111 Å². The van der Waals surface area contributed by atoms with Crippen LogP contribution in [0, 0.1) is 0 Å². The Morgan fingerprint density at radius 3 is 0.821 bits per heavy atom. The van der Waals surface area contributed by atoms with Crippen LogP contribution in [0.1, 0.15) is 0 Å². The van der Waals surface area contributed by atoms with Crippen molar-refractivity contribution in [3.8, 4) is 0 Å². The van der Waals surface area contributed by atoms with Gasteiger partial charge in [-0.3, -0.25) is 0 Å². The number of para-hydroxylation sites is 4. The lowest BCUT2D eigenvalue weighted by atomic mass is 10.3. The Bertz CT molecular complexity index is 1650. The summed E-state index contributed by atoms with van der Waals surface area (Å²) in [6.07, 6.45) is 0. The van der Waals surface area contributed by atoms with E-state index in [2.05, 4.69) is 20.0 Å². The summed E-state index contributed by atoms with van der Waals surface area (Å²) in [4.78, 5) is 18.2. The van der Waals surface area contributed by atoms with E-state index in [1.807, 2.05) is 121 Å². The molecule has 0 amide bonds. The van der Waals surface area contributed by atoms with E-state index in [0.29, 0.717) is 22.7 Å². The molecule has 39 heavy (non-hydrogen) atoms. The molecule has 0 bridgehead atoms. The minimum absolute atomic E-state index is 0.196. The number of hydrogen-bond donors (Lipinski definition) is 0. The molecule has 11 heteroatoms. The average molecular weight is 554 g/mol. The second kappa shape index (κ2) is 11.8. The van der Waals surface area contributed by atoms with Crippen LogP contribution >= 0.6 is 16.5 Å². The highest BCUT2D eigenvalue weighted by atomic mass is 31.2. The van der Waals surface area contributed by atoms with Gasteiger partial charge in [0.1, 0.15) is 0 Å². The molecule has 0 N–H and O–H groups in total. The van der Waals surface area contributed by atoms with Crippen LogP contribution in [0.15, 0.2) is 158 Å². The predicted molar refractivity (Wildman–Crippen MR) is 146 cm³/mol. The third kappa shape index (κ3) is 6.43. The predicted octanol–water partition coefficient (Wildman–Crippen LogP) is 6.85. The maximum absolute atomic E-state index is 5.96. The summed E-state index contributed by atoms with van der Waals surface area (Å²) in [5, 5.41) is 0. The molecule has 6 rings (SSSR count). The minimum Gasteiger partial charge on any atom is -0.373 e. The molecular formula is C28H20N4O5P2. The van der Waals surface area contributed by atoms with Crippen molar-refractivity contribution in [3.63, 3.8) is 0 Å². The van der Waals surface area contributed by atoms with Gasteiger partial charge in [0, 0.05) is 0 Å². The van der Waals surface area contributed by atoms with Crippen molar-refractivity contribution in [2.24, 2.45) is 20.0 Å². The Balaban J connectivity index is 1.44. The Hall–Kier alpha value is -4.68. The van der Waals surface area contributed by atoms with Crippen LogP contribution in [-0.4, -0.2) is 0 Å². The monoisotopic (exact) mass is 554 g/mol. The lowest BCUT2D eigenvalue weighted by molar-refractivity contribution is 0.493. The standard InChI is InChI=1S/C28H20N4O5P2/c1-5-13-21(14-6-1)29-25-26(30-22-15-7-2-8-16-22)34-38(33-25)37-39-35-27(31-23-17-9-3-10-18-23)28(36-39)32-24-19-11-4-12-20-24/h1-20H/b29-25-,30-26+,31-27-,32-28+. The minimum atomic E-state index is -1.98. The van der Waals surface area contributed by atoms with Crippen LogP contribution in [0.5, 0.6) is 0 Å². The van der Waals surface area contributed by atoms with Crippen LogP contribution in [0.2, 0.25) is 0 Å². The van der Waals surface area contributed by atoms with Gasteiger partial charge in [-0.25, -0.2) is 20.0 Å². The zero-order chi connectivity index (χ0) is 26.3. The Morgan fingerprint density at radius 2 is 0.590 bits per heavy atom. The molecule has 2 unspecified atom stereocenters. The summed E-state index contributed by atoms with van der Waals surface area (Å²) in [5.41, 5.74) is 3.52. The molecule has 0 saturated carbocycles. The van der Waals surface area contributed by atoms with Crippen LogP contribution in [0.25, 0.3) is 0 Å². The largest absolute Gasteiger partial charge is 0.404 e. The fourth-order valence-corrected chi connectivity index (χ4v) is 5.43. The first kappa shape index (κ1) is 24.6. The van der Waals surface area contributed by atoms with E-state index in [1.165, 1.54) is 0 Å². The fourth-order valence-electron chi connectivity index (χ4n) is 3.35. The highest BCUT2D eigenvalue weighted by Gasteiger charge is 2.15. The molecule has 0 saturated heterocycles. The maximum Gasteiger partial charge on any atom is 0.404 e. The SMILES string of the molecule is c1ccc(/N=c2\op(Op3oc(=N\c4ccccc4)/c(=N\c4ccccc4)o3)o\c2=N\c2ccccc2)cc1. The van der Waals surface area contributed by atoms with Crippen molar-refractivity contribution < 1.29 is 21.1 Å². The first-order valence-corrected chi connectivity index (χ1v) is 14.0. The lowest BCUT2D eigenvalue weighted by Gasteiger charge is -1.89. The number of benzene rings is 4. The van der Waals surface area contributed by atoms with E-state index < -0.39 is 16.5 Å². The van der Waals surface area contributed by atoms with Gasteiger partial charge in [0.25, 0.3) is 22.2 Å². The molecule has 2 aromatic heterocycles. The van der Waals surface area contributed by atoms with E-state index in [-0.39, 0.29) is 22.2 Å². The summed E-state index contributed by atoms with van der Waals surface area (Å²) in [6, 6.07) is 37.5. The third-order valence-corrected chi connectivity index (χ3v) is 7.45. The molecule has 6 aromatic rings. The van der Waals surface area contributed by atoms with Crippen molar-refractivity contribution in [1.29, 1.82) is 0 Å². The highest BCUT2D eigenvalue weighted by Crippen LogP contribution is 2.33. The number of rotatable bonds is 6. The molecule has 0 aliphatic rings. The first-order valence-electron chi connectivity index (χ1n) is 11.8. The van der Waals surface area contributed by atoms with Gasteiger partial charge in [-0.15, -0.1) is 0 Å². The zero-order valence-corrected chi connectivity index (χ0v) is 22.1. The summed E-state index contributed by atoms with van der Waals surface area (Å²) in [6.45, 7) is 0. The van der Waals surface area contributed by atoms with Crippen molar-refractivity contribution in [2.45, 2.75) is 0 Å². The molecule has 2 heterocycles. The first-order chi connectivity index (χ1) is 19.3. The van der Waals surface area contributed by atoms with Crippen LogP contribution in [0.4, 0.5) is 22.7 Å². The van der Waals surface area contributed by atoms with E-state index in [9.17, 15) is 0 Å². The summed E-state index contributed by atoms with van der Waals surface area (Å²) in [5.74, 6) is 0. The van der Waals surface area contributed by atoms with Gasteiger partial charge in [0.15, 0.2) is 0 Å². The van der Waals surface area contributed by atoms with Gasteiger partial charge in [-0.1, -0.05) is 72.8 Å². The second-order valence-electron chi connectivity index (χ2n) is 7.90. The van der Waals surface area contributed by atoms with Crippen LogP contribution in [0.3, 0.4) is 0 Å². The molecule has 2 atom stereocenters. The van der Waals surface area contributed by atoms with E-state index in [1.54, 1.807) is 0 Å². The van der Waals surface area contributed by atoms with Crippen molar-refractivity contribution >= 4 is 39.2 Å². The molecule has 9 nitrogen and oxygen atoms in total. The van der Waals surface area contributed by atoms with E-state index in [4.69, 9.17) is 21.1 Å². The molecule has 0 spiro atoms. The molecule has 0 aliphatic heterocycles. The van der Waals surface area contributed by atoms with Crippen molar-refractivity contribution in [3.05, 3.63) is 144 Å². The maximum atomic E-state index is 5.96. The van der Waals surface area contributed by atoms with Crippen molar-refractivity contribution in [2.75, 3.05) is 0 Å². The zero-order valence-electron chi connectivity index (χ0n) is 20.3. The van der Waals surface area contributed by atoms with Gasteiger partial charge in [-0.2, -0.15) is 4.31 Å². The van der Waals surface area contributed by atoms with Gasteiger partial charge >= 0.3 is 16.5 Å². The fraction of sp³-hybridized carbons (Fsp3) is 0. The van der Waals surface area contributed by atoms with Gasteiger partial charge in [0.2, 0.25) is 0 Å². The summed E-state index contributed by atoms with van der Waals surface area (Å²) < 4.78 is 29.7. The molecule has 192 valence electrons. The average Bonchev–Trinajstić information content (AvgIpc) is 3.53. The quantitative estimate of drug-likeness (QED) is 0.224. The molecule has 0 aliphatic carbocycles. The normalized spacial score (nSPS) is 14.3. The lowest BCUT2D eigenvalue weighted by Crippen LogP contribution is -2.19. The van der Waals surface area contributed by atoms with Gasteiger partial charge in [0.05, 0.1) is 22.7 Å². The molecule has 0 radical (unpaired) electrons. The summed E-state index contributed by atoms with van der Waals surface area (Å²) >= 11 is 0. The smallest absolute Gasteiger partial charge is 0.373 e. The van der Waals surface area contributed by atoms with Crippen LogP contribution in [-0.2, 0) is 0 Å². The molecular weight excluding hydrogens is 534 g/mol. The van der Waals surface area contributed by atoms with Gasteiger partial charge in [-0.05, 0) is 48.5 Å². The van der Waals surface area contributed by atoms with E-state index in [0.717, 1.165) is 0 Å². The van der Waals surface area contributed by atoms with Gasteiger partial charge < -0.3 is 16.8 Å².